The largest absolute Gasteiger partial charge is 0.309 e. The standard InChI is InChI=1S/C14H13ClN4O/c1-8-16-13-12(14(20)17-8)18-9(2)19(13)7-10-3-5-11(15)6-4-10/h3-6H,7H2,1-2H3,(H,16,17,20). The van der Waals surface area contributed by atoms with E-state index in [1.165, 1.54) is 0 Å². The molecule has 0 spiro atoms. The first-order chi connectivity index (χ1) is 9.54. The fourth-order valence-corrected chi connectivity index (χ4v) is 2.32. The number of halogens is 1. The fraction of sp³-hybridized carbons (Fsp3) is 0.214. The molecule has 3 aromatic rings. The van der Waals surface area contributed by atoms with Crippen LogP contribution in [0.15, 0.2) is 29.1 Å². The van der Waals surface area contributed by atoms with Gasteiger partial charge < -0.3 is 9.55 Å². The third kappa shape index (κ3) is 2.20. The Hall–Kier alpha value is -2.14. The molecule has 3 rings (SSSR count). The Kier molecular flexibility index (Phi) is 3.06. The summed E-state index contributed by atoms with van der Waals surface area (Å²) in [6.45, 7) is 4.23. The normalized spacial score (nSPS) is 11.2. The van der Waals surface area contributed by atoms with Gasteiger partial charge in [-0.05, 0) is 31.5 Å². The summed E-state index contributed by atoms with van der Waals surface area (Å²) in [6, 6.07) is 7.59. The molecule has 5 nitrogen and oxygen atoms in total. The van der Waals surface area contributed by atoms with Gasteiger partial charge in [-0.15, -0.1) is 0 Å². The van der Waals surface area contributed by atoms with Crippen molar-refractivity contribution < 1.29 is 0 Å². The predicted octanol–water partition coefficient (Wildman–Crippen LogP) is 2.44. The molecule has 0 unspecified atom stereocenters. The van der Waals surface area contributed by atoms with E-state index in [9.17, 15) is 4.79 Å². The minimum atomic E-state index is -0.203. The molecule has 0 radical (unpaired) electrons. The van der Waals surface area contributed by atoms with E-state index < -0.39 is 0 Å². The van der Waals surface area contributed by atoms with Crippen LogP contribution in [0.2, 0.25) is 5.02 Å². The van der Waals surface area contributed by atoms with Crippen molar-refractivity contribution in [3.05, 3.63) is 56.9 Å². The van der Waals surface area contributed by atoms with E-state index in [4.69, 9.17) is 11.6 Å². The highest BCUT2D eigenvalue weighted by atomic mass is 35.5. The molecule has 0 bridgehead atoms. The lowest BCUT2D eigenvalue weighted by Gasteiger charge is -2.06. The van der Waals surface area contributed by atoms with Gasteiger partial charge in [0.15, 0.2) is 11.2 Å². The minimum Gasteiger partial charge on any atom is -0.309 e. The van der Waals surface area contributed by atoms with Crippen molar-refractivity contribution in [2.75, 3.05) is 0 Å². The third-order valence-electron chi connectivity index (χ3n) is 3.17. The van der Waals surface area contributed by atoms with Crippen LogP contribution in [0.25, 0.3) is 11.2 Å². The molecule has 6 heteroatoms. The first-order valence-corrected chi connectivity index (χ1v) is 6.60. The van der Waals surface area contributed by atoms with E-state index in [2.05, 4.69) is 15.0 Å². The maximum Gasteiger partial charge on any atom is 0.279 e. The van der Waals surface area contributed by atoms with E-state index in [0.717, 1.165) is 11.4 Å². The van der Waals surface area contributed by atoms with Crippen LogP contribution in [0.1, 0.15) is 17.2 Å². The lowest BCUT2D eigenvalue weighted by molar-refractivity contribution is 0.775. The van der Waals surface area contributed by atoms with Gasteiger partial charge in [0.1, 0.15) is 11.6 Å². The van der Waals surface area contributed by atoms with E-state index >= 15 is 0 Å². The summed E-state index contributed by atoms with van der Waals surface area (Å²) < 4.78 is 1.93. The highest BCUT2D eigenvalue weighted by Crippen LogP contribution is 2.15. The molecule has 1 N–H and O–H groups in total. The van der Waals surface area contributed by atoms with Crippen LogP contribution in [0.3, 0.4) is 0 Å². The zero-order valence-electron chi connectivity index (χ0n) is 11.1. The van der Waals surface area contributed by atoms with Crippen molar-refractivity contribution in [1.82, 2.24) is 19.5 Å². The van der Waals surface area contributed by atoms with Crippen LogP contribution in [-0.4, -0.2) is 19.5 Å². The number of aromatic amines is 1. The Morgan fingerprint density at radius 2 is 1.90 bits per heavy atom. The highest BCUT2D eigenvalue weighted by molar-refractivity contribution is 6.30. The van der Waals surface area contributed by atoms with Gasteiger partial charge in [-0.2, -0.15) is 0 Å². The molecule has 20 heavy (non-hydrogen) atoms. The van der Waals surface area contributed by atoms with Gasteiger partial charge in [0, 0.05) is 5.02 Å². The Balaban J connectivity index is 2.13. The fourth-order valence-electron chi connectivity index (χ4n) is 2.19. The summed E-state index contributed by atoms with van der Waals surface area (Å²) in [5.41, 5.74) is 1.86. The van der Waals surface area contributed by atoms with Crippen molar-refractivity contribution >= 4 is 22.8 Å². The molecule has 0 aliphatic heterocycles. The number of nitrogens with zero attached hydrogens (tertiary/aromatic N) is 3. The smallest absolute Gasteiger partial charge is 0.279 e. The zero-order chi connectivity index (χ0) is 14.3. The zero-order valence-corrected chi connectivity index (χ0v) is 11.9. The second kappa shape index (κ2) is 4.76. The number of imidazole rings is 1. The Labute approximate surface area is 120 Å². The molecule has 0 amide bonds. The summed E-state index contributed by atoms with van der Waals surface area (Å²) in [7, 11) is 0. The lowest BCUT2D eigenvalue weighted by Crippen LogP contribution is -2.11. The van der Waals surface area contributed by atoms with E-state index in [1.54, 1.807) is 6.92 Å². The van der Waals surface area contributed by atoms with Gasteiger partial charge in [-0.1, -0.05) is 23.7 Å². The number of aryl methyl sites for hydroxylation is 2. The van der Waals surface area contributed by atoms with Crippen molar-refractivity contribution in [3.8, 4) is 0 Å². The summed E-state index contributed by atoms with van der Waals surface area (Å²) in [5, 5.41) is 0.700. The topological polar surface area (TPSA) is 63.6 Å². The minimum absolute atomic E-state index is 0.203. The van der Waals surface area contributed by atoms with Crippen molar-refractivity contribution in [2.45, 2.75) is 20.4 Å². The molecule has 102 valence electrons. The number of fused-ring (bicyclic) bond motifs is 1. The Bertz CT molecular complexity index is 833. The second-order valence-electron chi connectivity index (χ2n) is 4.70. The maximum absolute atomic E-state index is 11.9. The van der Waals surface area contributed by atoms with Gasteiger partial charge in [0.25, 0.3) is 5.56 Å². The van der Waals surface area contributed by atoms with Gasteiger partial charge in [0.2, 0.25) is 0 Å². The van der Waals surface area contributed by atoms with Crippen molar-refractivity contribution in [1.29, 1.82) is 0 Å². The first kappa shape index (κ1) is 12.9. The monoisotopic (exact) mass is 288 g/mol. The number of hydrogen-bond acceptors (Lipinski definition) is 3. The second-order valence-corrected chi connectivity index (χ2v) is 5.13. The summed E-state index contributed by atoms with van der Waals surface area (Å²) >= 11 is 5.88. The van der Waals surface area contributed by atoms with Crippen LogP contribution in [0, 0.1) is 13.8 Å². The number of H-pyrrole nitrogens is 1. The third-order valence-corrected chi connectivity index (χ3v) is 3.42. The molecule has 0 aliphatic carbocycles. The van der Waals surface area contributed by atoms with E-state index in [0.29, 0.717) is 28.6 Å². The summed E-state index contributed by atoms with van der Waals surface area (Å²) in [5.74, 6) is 1.35. The predicted molar refractivity (Wildman–Crippen MR) is 78.2 cm³/mol. The van der Waals surface area contributed by atoms with Gasteiger partial charge in [0.05, 0.1) is 6.54 Å². The molecule has 0 saturated carbocycles. The van der Waals surface area contributed by atoms with Crippen LogP contribution in [0.4, 0.5) is 0 Å². The van der Waals surface area contributed by atoms with Crippen LogP contribution >= 0.6 is 11.6 Å². The number of aromatic nitrogens is 4. The molecule has 0 atom stereocenters. The summed E-state index contributed by atoms with van der Waals surface area (Å²) in [4.78, 5) is 23.2. The molecule has 0 fully saturated rings. The number of hydrogen-bond donors (Lipinski definition) is 1. The molecule has 2 aromatic heterocycles. The lowest BCUT2D eigenvalue weighted by atomic mass is 10.2. The van der Waals surface area contributed by atoms with Crippen LogP contribution < -0.4 is 5.56 Å². The number of benzene rings is 1. The maximum atomic E-state index is 11.9. The highest BCUT2D eigenvalue weighted by Gasteiger charge is 2.12. The molecule has 1 aromatic carbocycles. The van der Waals surface area contributed by atoms with E-state index in [-0.39, 0.29) is 5.56 Å². The van der Waals surface area contributed by atoms with E-state index in [1.807, 2.05) is 35.8 Å². The molecular weight excluding hydrogens is 276 g/mol. The molecule has 0 saturated heterocycles. The molecule has 2 heterocycles. The van der Waals surface area contributed by atoms with Crippen molar-refractivity contribution in [3.63, 3.8) is 0 Å². The SMILES string of the molecule is Cc1nc2c(nc(C)n2Cc2ccc(Cl)cc2)c(=O)[nH]1. The number of rotatable bonds is 2. The van der Waals surface area contributed by atoms with Crippen LogP contribution in [-0.2, 0) is 6.54 Å². The number of nitrogens with one attached hydrogen (secondary N) is 1. The van der Waals surface area contributed by atoms with Crippen molar-refractivity contribution in [2.24, 2.45) is 0 Å². The molecular formula is C14H13ClN4O. The van der Waals surface area contributed by atoms with Gasteiger partial charge >= 0.3 is 0 Å². The van der Waals surface area contributed by atoms with Crippen LogP contribution in [0.5, 0.6) is 0 Å². The summed E-state index contributed by atoms with van der Waals surface area (Å²) in [6.07, 6.45) is 0. The Morgan fingerprint density at radius 1 is 1.20 bits per heavy atom. The quantitative estimate of drug-likeness (QED) is 0.788. The average molecular weight is 289 g/mol. The Morgan fingerprint density at radius 3 is 2.60 bits per heavy atom. The van der Waals surface area contributed by atoms with Gasteiger partial charge in [-0.3, -0.25) is 4.79 Å². The first-order valence-electron chi connectivity index (χ1n) is 6.23. The van der Waals surface area contributed by atoms with Gasteiger partial charge in [-0.25, -0.2) is 9.97 Å². The average Bonchev–Trinajstić information content (AvgIpc) is 2.70. The molecule has 0 aliphatic rings.